The number of rotatable bonds is 3. The van der Waals surface area contributed by atoms with Gasteiger partial charge >= 0.3 is 0 Å². The first kappa shape index (κ1) is 14.3. The first-order valence-corrected chi connectivity index (χ1v) is 7.63. The molecule has 2 aromatic carbocycles. The van der Waals surface area contributed by atoms with Gasteiger partial charge in [-0.15, -0.1) is 11.3 Å². The summed E-state index contributed by atoms with van der Waals surface area (Å²) < 4.78 is 0. The normalized spacial score (nSPS) is 10.4. The van der Waals surface area contributed by atoms with Gasteiger partial charge in [0.1, 0.15) is 5.75 Å². The van der Waals surface area contributed by atoms with Crippen LogP contribution < -0.4 is 5.32 Å². The molecule has 0 radical (unpaired) electrons. The highest BCUT2D eigenvalue weighted by Gasteiger charge is 2.08. The van der Waals surface area contributed by atoms with E-state index in [0.29, 0.717) is 11.3 Å². The number of aromatic nitrogens is 1. The number of phenols is 1. The zero-order chi connectivity index (χ0) is 15.5. The second-order valence-corrected chi connectivity index (χ2v) is 5.89. The summed E-state index contributed by atoms with van der Waals surface area (Å²) >= 11 is 1.60. The number of aromatic hydroxyl groups is 1. The minimum Gasteiger partial charge on any atom is -0.508 e. The fourth-order valence-corrected chi connectivity index (χ4v) is 2.66. The van der Waals surface area contributed by atoms with Gasteiger partial charge in [0.15, 0.2) is 0 Å². The monoisotopic (exact) mass is 310 g/mol. The molecule has 0 aliphatic carbocycles. The molecule has 1 amide bonds. The molecule has 0 saturated carbocycles. The van der Waals surface area contributed by atoms with Crippen molar-refractivity contribution in [3.05, 3.63) is 64.5 Å². The molecule has 0 fully saturated rings. The lowest BCUT2D eigenvalue weighted by atomic mass is 10.1. The molecule has 0 aliphatic heterocycles. The summed E-state index contributed by atoms with van der Waals surface area (Å²) in [6.07, 6.45) is 0. The Bertz CT molecular complexity index is 792. The number of nitrogens with zero attached hydrogens (tertiary/aromatic N) is 1. The van der Waals surface area contributed by atoms with E-state index in [1.165, 1.54) is 12.1 Å². The quantitative estimate of drug-likeness (QED) is 0.717. The van der Waals surface area contributed by atoms with E-state index in [0.717, 1.165) is 16.3 Å². The van der Waals surface area contributed by atoms with Crippen LogP contribution in [0.25, 0.3) is 11.3 Å². The molecule has 0 atom stereocenters. The lowest BCUT2D eigenvalue weighted by Gasteiger charge is -2.06. The largest absolute Gasteiger partial charge is 0.508 e. The minimum atomic E-state index is -0.188. The van der Waals surface area contributed by atoms with Gasteiger partial charge in [0, 0.05) is 22.2 Å². The Hall–Kier alpha value is -2.66. The molecule has 1 heterocycles. The second-order valence-electron chi connectivity index (χ2n) is 4.83. The number of thiazole rings is 1. The van der Waals surface area contributed by atoms with Crippen molar-refractivity contribution in [1.82, 2.24) is 4.98 Å². The van der Waals surface area contributed by atoms with Crippen molar-refractivity contribution in [3.63, 3.8) is 0 Å². The van der Waals surface area contributed by atoms with Crippen molar-refractivity contribution in [1.29, 1.82) is 0 Å². The smallest absolute Gasteiger partial charge is 0.255 e. The maximum absolute atomic E-state index is 12.2. The number of amides is 1. The highest BCUT2D eigenvalue weighted by atomic mass is 32.1. The number of hydrogen-bond donors (Lipinski definition) is 2. The minimum absolute atomic E-state index is 0.168. The zero-order valence-corrected chi connectivity index (χ0v) is 12.7. The lowest BCUT2D eigenvalue weighted by Crippen LogP contribution is -2.11. The van der Waals surface area contributed by atoms with Gasteiger partial charge in [0.2, 0.25) is 0 Å². The molecule has 3 aromatic rings. The Balaban J connectivity index is 1.74. The zero-order valence-electron chi connectivity index (χ0n) is 11.9. The van der Waals surface area contributed by atoms with Gasteiger partial charge in [-0.25, -0.2) is 4.98 Å². The topological polar surface area (TPSA) is 62.2 Å². The Kier molecular flexibility index (Phi) is 3.89. The summed E-state index contributed by atoms with van der Waals surface area (Å²) in [7, 11) is 0. The average molecular weight is 310 g/mol. The maximum atomic E-state index is 12.2. The first-order valence-electron chi connectivity index (χ1n) is 6.75. The van der Waals surface area contributed by atoms with Crippen LogP contribution in [0.1, 0.15) is 15.4 Å². The molecule has 0 saturated heterocycles. The molecule has 110 valence electrons. The predicted octanol–water partition coefficient (Wildman–Crippen LogP) is 4.08. The second kappa shape index (κ2) is 5.99. The molecule has 0 spiro atoms. The maximum Gasteiger partial charge on any atom is 0.255 e. The molecule has 2 N–H and O–H groups in total. The Morgan fingerprint density at radius 2 is 1.77 bits per heavy atom. The standard InChI is InChI=1S/C17H14N2O2S/c1-11-18-16(10-22-11)12-2-4-13(5-3-12)17(21)19-14-6-8-15(20)9-7-14/h2-10,20H,1H3,(H,19,21). The molecule has 0 aliphatic rings. The summed E-state index contributed by atoms with van der Waals surface area (Å²) in [5.41, 5.74) is 3.13. The third kappa shape index (κ3) is 3.15. The molecular weight excluding hydrogens is 296 g/mol. The summed E-state index contributed by atoms with van der Waals surface area (Å²) in [6, 6.07) is 13.7. The van der Waals surface area contributed by atoms with Crippen molar-refractivity contribution in [2.24, 2.45) is 0 Å². The number of carbonyl (C=O) groups excluding carboxylic acids is 1. The van der Waals surface area contributed by atoms with E-state index < -0.39 is 0 Å². The van der Waals surface area contributed by atoms with Crippen LogP contribution >= 0.6 is 11.3 Å². The predicted molar refractivity (Wildman–Crippen MR) is 88.3 cm³/mol. The van der Waals surface area contributed by atoms with Crippen LogP contribution in [0.5, 0.6) is 5.75 Å². The molecule has 0 bridgehead atoms. The van der Waals surface area contributed by atoms with Gasteiger partial charge in [-0.2, -0.15) is 0 Å². The van der Waals surface area contributed by atoms with Gasteiger partial charge in [0.25, 0.3) is 5.91 Å². The van der Waals surface area contributed by atoms with Crippen molar-refractivity contribution in [2.75, 3.05) is 5.32 Å². The van der Waals surface area contributed by atoms with E-state index in [1.54, 1.807) is 35.6 Å². The Labute approximate surface area is 132 Å². The van der Waals surface area contributed by atoms with Gasteiger partial charge in [0.05, 0.1) is 10.7 Å². The Morgan fingerprint density at radius 1 is 1.09 bits per heavy atom. The van der Waals surface area contributed by atoms with Crippen molar-refractivity contribution < 1.29 is 9.90 Å². The number of anilines is 1. The van der Waals surface area contributed by atoms with Crippen LogP contribution in [-0.4, -0.2) is 16.0 Å². The molecule has 0 unspecified atom stereocenters. The Morgan fingerprint density at radius 3 is 2.36 bits per heavy atom. The van der Waals surface area contributed by atoms with E-state index >= 15 is 0 Å². The van der Waals surface area contributed by atoms with Crippen LogP contribution in [0.4, 0.5) is 5.69 Å². The number of hydrogen-bond acceptors (Lipinski definition) is 4. The third-order valence-electron chi connectivity index (χ3n) is 3.19. The van der Waals surface area contributed by atoms with Crippen molar-refractivity contribution >= 4 is 22.9 Å². The summed E-state index contributed by atoms with van der Waals surface area (Å²) in [5, 5.41) is 15.0. The van der Waals surface area contributed by atoms with Gasteiger partial charge in [-0.05, 0) is 43.3 Å². The van der Waals surface area contributed by atoms with Crippen LogP contribution in [0.2, 0.25) is 0 Å². The van der Waals surface area contributed by atoms with Gasteiger partial charge in [-0.1, -0.05) is 12.1 Å². The number of benzene rings is 2. The van der Waals surface area contributed by atoms with Crippen molar-refractivity contribution in [3.8, 4) is 17.0 Å². The number of carbonyl (C=O) groups is 1. The van der Waals surface area contributed by atoms with E-state index in [2.05, 4.69) is 10.3 Å². The van der Waals surface area contributed by atoms with Crippen LogP contribution in [0, 0.1) is 6.92 Å². The highest BCUT2D eigenvalue weighted by molar-refractivity contribution is 7.09. The molecule has 22 heavy (non-hydrogen) atoms. The number of nitrogens with one attached hydrogen (secondary N) is 1. The van der Waals surface area contributed by atoms with Crippen LogP contribution in [0.15, 0.2) is 53.9 Å². The molecule has 3 rings (SSSR count). The van der Waals surface area contributed by atoms with Crippen LogP contribution in [-0.2, 0) is 0 Å². The average Bonchev–Trinajstić information content (AvgIpc) is 2.96. The molecule has 4 nitrogen and oxygen atoms in total. The first-order chi connectivity index (χ1) is 10.6. The summed E-state index contributed by atoms with van der Waals surface area (Å²) in [4.78, 5) is 16.6. The molecule has 1 aromatic heterocycles. The number of phenolic OH excluding ortho intramolecular Hbond substituents is 1. The van der Waals surface area contributed by atoms with E-state index in [-0.39, 0.29) is 11.7 Å². The van der Waals surface area contributed by atoms with Gasteiger partial charge in [-0.3, -0.25) is 4.79 Å². The molecule has 5 heteroatoms. The SMILES string of the molecule is Cc1nc(-c2ccc(C(=O)Nc3ccc(O)cc3)cc2)cs1. The van der Waals surface area contributed by atoms with E-state index in [1.807, 2.05) is 24.4 Å². The summed E-state index contributed by atoms with van der Waals surface area (Å²) in [5.74, 6) is -0.0207. The van der Waals surface area contributed by atoms with Crippen LogP contribution in [0.3, 0.4) is 0 Å². The van der Waals surface area contributed by atoms with Gasteiger partial charge < -0.3 is 10.4 Å². The third-order valence-corrected chi connectivity index (χ3v) is 3.96. The van der Waals surface area contributed by atoms with E-state index in [4.69, 9.17) is 0 Å². The molecular formula is C17H14N2O2S. The van der Waals surface area contributed by atoms with Crippen molar-refractivity contribution in [2.45, 2.75) is 6.92 Å². The summed E-state index contributed by atoms with van der Waals surface area (Å²) in [6.45, 7) is 1.97. The fourth-order valence-electron chi connectivity index (χ4n) is 2.04. The highest BCUT2D eigenvalue weighted by Crippen LogP contribution is 2.22. The number of aryl methyl sites for hydroxylation is 1. The lowest BCUT2D eigenvalue weighted by molar-refractivity contribution is 0.102. The fraction of sp³-hybridized carbons (Fsp3) is 0.0588. The van der Waals surface area contributed by atoms with E-state index in [9.17, 15) is 9.90 Å².